The Morgan fingerprint density at radius 1 is 0.361 bits per heavy atom. The van der Waals surface area contributed by atoms with Crippen molar-refractivity contribution in [2.45, 2.75) is 181 Å². The van der Waals surface area contributed by atoms with Crippen molar-refractivity contribution in [3.05, 3.63) is 134 Å². The highest BCUT2D eigenvalue weighted by Gasteiger charge is 2.19. The molecule has 0 heterocycles. The summed E-state index contributed by atoms with van der Waals surface area (Å²) in [5.74, 6) is -1.05. The minimum atomic E-state index is -0.834. The van der Waals surface area contributed by atoms with Crippen molar-refractivity contribution in [3.63, 3.8) is 0 Å². The van der Waals surface area contributed by atoms with Crippen LogP contribution in [-0.2, 0) is 28.6 Å². The maximum Gasteiger partial charge on any atom is 0.306 e. The molecule has 0 N–H and O–H groups in total. The lowest BCUT2D eigenvalue weighted by Crippen LogP contribution is -2.30. The van der Waals surface area contributed by atoms with E-state index in [0.29, 0.717) is 19.3 Å². The molecular weight excluding hydrogens is 757 g/mol. The molecule has 0 fully saturated rings. The molecule has 340 valence electrons. The highest BCUT2D eigenvalue weighted by Crippen LogP contribution is 2.12. The summed E-state index contributed by atoms with van der Waals surface area (Å²) in [5.41, 5.74) is 0. The zero-order valence-electron chi connectivity index (χ0n) is 38.6. The molecule has 1 unspecified atom stereocenters. The lowest BCUT2D eigenvalue weighted by molar-refractivity contribution is -0.167. The first kappa shape index (κ1) is 56.5. The van der Waals surface area contributed by atoms with E-state index in [1.165, 1.54) is 19.3 Å². The second-order valence-corrected chi connectivity index (χ2v) is 15.1. The Kier molecular flexibility index (Phi) is 44.7. The van der Waals surface area contributed by atoms with Gasteiger partial charge >= 0.3 is 17.9 Å². The van der Waals surface area contributed by atoms with Crippen LogP contribution in [0.2, 0.25) is 0 Å². The van der Waals surface area contributed by atoms with Gasteiger partial charge in [0, 0.05) is 19.3 Å². The predicted octanol–water partition coefficient (Wildman–Crippen LogP) is 15.5. The average Bonchev–Trinajstić information content (AvgIpc) is 3.26. The molecule has 0 bridgehead atoms. The van der Waals surface area contributed by atoms with E-state index in [9.17, 15) is 14.4 Å². The van der Waals surface area contributed by atoms with Crippen molar-refractivity contribution in [1.82, 2.24) is 0 Å². The number of unbranched alkanes of at least 4 members (excludes halogenated alkanes) is 14. The number of hydrogen-bond donors (Lipinski definition) is 0. The number of ether oxygens (including phenoxy) is 3. The summed E-state index contributed by atoms with van der Waals surface area (Å²) in [6, 6.07) is 0. The van der Waals surface area contributed by atoms with E-state index < -0.39 is 12.1 Å². The predicted molar refractivity (Wildman–Crippen MR) is 260 cm³/mol. The van der Waals surface area contributed by atoms with Crippen molar-refractivity contribution in [2.24, 2.45) is 0 Å². The molecule has 6 heteroatoms. The molecule has 0 rings (SSSR count). The van der Waals surface area contributed by atoms with Gasteiger partial charge in [-0.1, -0.05) is 206 Å². The first-order valence-electron chi connectivity index (χ1n) is 23.8. The van der Waals surface area contributed by atoms with E-state index in [4.69, 9.17) is 14.2 Å². The molecule has 1 atom stereocenters. The van der Waals surface area contributed by atoms with E-state index >= 15 is 0 Å². The number of allylic oxidation sites excluding steroid dienone is 22. The Morgan fingerprint density at radius 3 is 1.23 bits per heavy atom. The van der Waals surface area contributed by atoms with Gasteiger partial charge in [-0.05, 0) is 83.5 Å². The van der Waals surface area contributed by atoms with Gasteiger partial charge in [-0.15, -0.1) is 0 Å². The molecule has 6 nitrogen and oxygen atoms in total. The van der Waals surface area contributed by atoms with E-state index in [-0.39, 0.29) is 31.6 Å². The molecular formula is C55H84O6. The Balaban J connectivity index is 4.57. The summed E-state index contributed by atoms with van der Waals surface area (Å²) < 4.78 is 16.6. The van der Waals surface area contributed by atoms with Crippen LogP contribution < -0.4 is 0 Å². The van der Waals surface area contributed by atoms with Crippen LogP contribution in [0.15, 0.2) is 134 Å². The summed E-state index contributed by atoms with van der Waals surface area (Å²) in [5, 5.41) is 0. The fourth-order valence-corrected chi connectivity index (χ4v) is 5.81. The van der Waals surface area contributed by atoms with Crippen LogP contribution in [0, 0.1) is 0 Å². The summed E-state index contributed by atoms with van der Waals surface area (Å²) in [4.78, 5) is 37.8. The average molecular weight is 841 g/mol. The molecule has 61 heavy (non-hydrogen) atoms. The fraction of sp³-hybridized carbons (Fsp3) is 0.545. The number of rotatable bonds is 40. The molecule has 0 aliphatic rings. The fourth-order valence-electron chi connectivity index (χ4n) is 5.81. The molecule has 0 aromatic rings. The molecule has 0 radical (unpaired) electrons. The molecule has 0 saturated heterocycles. The van der Waals surface area contributed by atoms with Crippen LogP contribution >= 0.6 is 0 Å². The molecule has 0 aliphatic carbocycles. The Morgan fingerprint density at radius 2 is 0.738 bits per heavy atom. The lowest BCUT2D eigenvalue weighted by Gasteiger charge is -2.18. The van der Waals surface area contributed by atoms with E-state index in [0.717, 1.165) is 109 Å². The summed E-state index contributed by atoms with van der Waals surface area (Å²) in [6.07, 6.45) is 67.2. The van der Waals surface area contributed by atoms with Crippen molar-refractivity contribution < 1.29 is 28.6 Å². The number of hydrogen-bond acceptors (Lipinski definition) is 6. The van der Waals surface area contributed by atoms with Gasteiger partial charge in [0.05, 0.1) is 0 Å². The first-order valence-corrected chi connectivity index (χ1v) is 23.8. The van der Waals surface area contributed by atoms with Crippen molar-refractivity contribution >= 4 is 17.9 Å². The van der Waals surface area contributed by atoms with Gasteiger partial charge < -0.3 is 14.2 Å². The van der Waals surface area contributed by atoms with Crippen molar-refractivity contribution in [3.8, 4) is 0 Å². The third-order valence-electron chi connectivity index (χ3n) is 9.34. The van der Waals surface area contributed by atoms with Crippen LogP contribution in [0.25, 0.3) is 0 Å². The van der Waals surface area contributed by atoms with Gasteiger partial charge in [0.2, 0.25) is 0 Å². The van der Waals surface area contributed by atoms with Crippen molar-refractivity contribution in [2.75, 3.05) is 13.2 Å². The maximum atomic E-state index is 12.7. The SMILES string of the molecule is CC\C=C/C=C\C=C/C=C\C=C/CCCC(=O)OC(COC(=O)CCCCCCC\C=C/C=C\C=C/C=C\CCCCC)COC(=O)CCCCCCC/C=C\C/C=C\CC. The zero-order valence-corrected chi connectivity index (χ0v) is 38.6. The number of carbonyl (C=O) groups excluding carboxylic acids is 3. The Hall–Kier alpha value is -4.45. The van der Waals surface area contributed by atoms with Crippen LogP contribution in [0.5, 0.6) is 0 Å². The van der Waals surface area contributed by atoms with Crippen molar-refractivity contribution in [1.29, 1.82) is 0 Å². The minimum absolute atomic E-state index is 0.128. The van der Waals surface area contributed by atoms with Gasteiger partial charge in [-0.2, -0.15) is 0 Å². The van der Waals surface area contributed by atoms with Crippen LogP contribution in [-0.4, -0.2) is 37.2 Å². The maximum absolute atomic E-state index is 12.7. The minimum Gasteiger partial charge on any atom is -0.462 e. The van der Waals surface area contributed by atoms with Gasteiger partial charge in [-0.25, -0.2) is 0 Å². The second kappa shape index (κ2) is 48.2. The van der Waals surface area contributed by atoms with E-state index in [1.54, 1.807) is 0 Å². The largest absolute Gasteiger partial charge is 0.462 e. The zero-order chi connectivity index (χ0) is 44.4. The van der Waals surface area contributed by atoms with Crippen LogP contribution in [0.4, 0.5) is 0 Å². The molecule has 0 aliphatic heterocycles. The van der Waals surface area contributed by atoms with E-state index in [2.05, 4.69) is 99.8 Å². The smallest absolute Gasteiger partial charge is 0.306 e. The lowest BCUT2D eigenvalue weighted by atomic mass is 10.1. The number of carbonyl (C=O) groups is 3. The topological polar surface area (TPSA) is 78.9 Å². The highest BCUT2D eigenvalue weighted by atomic mass is 16.6. The summed E-state index contributed by atoms with van der Waals surface area (Å²) in [6.45, 7) is 6.21. The van der Waals surface area contributed by atoms with Crippen LogP contribution in [0.1, 0.15) is 175 Å². The molecule has 0 aromatic heterocycles. The molecule has 0 aromatic carbocycles. The van der Waals surface area contributed by atoms with Gasteiger partial charge in [0.15, 0.2) is 6.10 Å². The van der Waals surface area contributed by atoms with Crippen LogP contribution in [0.3, 0.4) is 0 Å². The standard InChI is InChI=1S/C55H84O6/c1-4-7-10-13-16-19-22-25-26-27-28-29-31-33-36-39-42-45-48-54(57)60-51-52(50-59-53(56)47-44-41-38-35-32-24-21-18-15-12-9-6-3)61-55(58)49-46-43-40-37-34-30-23-20-17-14-11-8-5-2/h8-9,11-12,14,16-23,25-30,34,37,40,52H,4-7,10,13,15,24,31-33,35-36,38-39,41-51H2,1-3H3/b11-8-,12-9-,17-14-,19-16-,21-18-,23-20-,25-22-,27-26-,29-28-,34-30-,40-37-. The number of esters is 3. The van der Waals surface area contributed by atoms with E-state index in [1.807, 2.05) is 54.7 Å². The molecule has 0 saturated carbocycles. The second-order valence-electron chi connectivity index (χ2n) is 15.1. The van der Waals surface area contributed by atoms with Gasteiger partial charge in [-0.3, -0.25) is 14.4 Å². The Bertz CT molecular complexity index is 1380. The highest BCUT2D eigenvalue weighted by molar-refractivity contribution is 5.71. The molecule has 0 spiro atoms. The third kappa shape index (κ3) is 46.5. The summed E-state index contributed by atoms with van der Waals surface area (Å²) in [7, 11) is 0. The van der Waals surface area contributed by atoms with Gasteiger partial charge in [0.1, 0.15) is 13.2 Å². The Labute approximate surface area is 373 Å². The molecule has 0 amide bonds. The summed E-state index contributed by atoms with van der Waals surface area (Å²) >= 11 is 0. The first-order chi connectivity index (χ1) is 30.0. The normalized spacial score (nSPS) is 13.3. The van der Waals surface area contributed by atoms with Gasteiger partial charge in [0.25, 0.3) is 0 Å². The third-order valence-corrected chi connectivity index (χ3v) is 9.34. The quantitative estimate of drug-likeness (QED) is 0.0201. The monoisotopic (exact) mass is 841 g/mol.